The van der Waals surface area contributed by atoms with Gasteiger partial charge in [0.1, 0.15) is 0 Å². The summed E-state index contributed by atoms with van der Waals surface area (Å²) in [5, 5.41) is 0. The van der Waals surface area contributed by atoms with Crippen LogP contribution in [0.2, 0.25) is 0 Å². The van der Waals surface area contributed by atoms with Crippen LogP contribution in [0.15, 0.2) is 36.7 Å². The Morgan fingerprint density at radius 1 is 1.32 bits per heavy atom. The third-order valence-corrected chi connectivity index (χ3v) is 6.19. The highest BCUT2D eigenvalue weighted by molar-refractivity contribution is 7.11. The predicted molar refractivity (Wildman–Crippen MR) is 99.7 cm³/mol. The number of pyridine rings is 1. The van der Waals surface area contributed by atoms with Crippen molar-refractivity contribution in [3.8, 4) is 0 Å². The Morgan fingerprint density at radius 2 is 2.20 bits per heavy atom. The van der Waals surface area contributed by atoms with E-state index in [9.17, 15) is 0 Å². The molecule has 2 aromatic rings. The van der Waals surface area contributed by atoms with Gasteiger partial charge in [0.25, 0.3) is 0 Å². The maximum Gasteiger partial charge on any atom is 0.0841 e. The van der Waals surface area contributed by atoms with E-state index in [4.69, 9.17) is 9.47 Å². The lowest BCUT2D eigenvalue weighted by Gasteiger charge is -2.39. The lowest BCUT2D eigenvalue weighted by molar-refractivity contribution is -0.0546. The molecular weight excluding hydrogens is 332 g/mol. The third kappa shape index (κ3) is 4.29. The molecule has 0 aliphatic carbocycles. The van der Waals surface area contributed by atoms with Crippen LogP contribution < -0.4 is 0 Å². The Balaban J connectivity index is 1.31. The molecule has 4 heterocycles. The molecule has 2 atom stereocenters. The number of nitrogens with zero attached hydrogens (tertiary/aromatic N) is 2. The van der Waals surface area contributed by atoms with E-state index in [2.05, 4.69) is 28.9 Å². The van der Waals surface area contributed by atoms with E-state index >= 15 is 0 Å². The van der Waals surface area contributed by atoms with Crippen molar-refractivity contribution in [1.82, 2.24) is 9.88 Å². The zero-order chi connectivity index (χ0) is 17.1. The summed E-state index contributed by atoms with van der Waals surface area (Å²) >= 11 is 1.91. The van der Waals surface area contributed by atoms with Crippen LogP contribution in [0.3, 0.4) is 0 Å². The molecule has 4 rings (SSSR count). The van der Waals surface area contributed by atoms with Crippen molar-refractivity contribution >= 4 is 11.3 Å². The Kier molecular flexibility index (Phi) is 5.17. The van der Waals surface area contributed by atoms with Gasteiger partial charge in [0, 0.05) is 41.7 Å². The second-order valence-corrected chi connectivity index (χ2v) is 8.69. The number of thiophene rings is 1. The molecule has 134 valence electrons. The predicted octanol–water partition coefficient (Wildman–Crippen LogP) is 3.79. The molecule has 0 amide bonds. The molecule has 2 aliphatic rings. The highest BCUT2D eigenvalue weighted by Gasteiger charge is 2.43. The van der Waals surface area contributed by atoms with Crippen LogP contribution in [0.5, 0.6) is 0 Å². The molecule has 0 saturated carbocycles. The standard InChI is InChI=1S/C20H26N2O2S/c1-16-3-4-19(25-16)12-22-10-2-7-20(15-22)11-18(14-24-20)23-13-17-5-8-21-9-6-17/h3-6,8-9,18H,2,7,10-15H2,1H3/t18-,20-/m0/s1. The molecule has 0 radical (unpaired) electrons. The molecule has 5 heteroatoms. The fraction of sp³-hybridized carbons (Fsp3) is 0.550. The van der Waals surface area contributed by atoms with Crippen molar-refractivity contribution in [2.24, 2.45) is 0 Å². The van der Waals surface area contributed by atoms with Crippen molar-refractivity contribution < 1.29 is 9.47 Å². The first kappa shape index (κ1) is 17.2. The van der Waals surface area contributed by atoms with E-state index in [0.717, 1.165) is 32.5 Å². The molecule has 2 aliphatic heterocycles. The number of ether oxygens (including phenoxy) is 2. The van der Waals surface area contributed by atoms with Crippen LogP contribution in [0.1, 0.15) is 34.6 Å². The van der Waals surface area contributed by atoms with Gasteiger partial charge in [-0.1, -0.05) is 0 Å². The third-order valence-electron chi connectivity index (χ3n) is 5.20. The number of aromatic nitrogens is 1. The van der Waals surface area contributed by atoms with E-state index in [1.54, 1.807) is 0 Å². The largest absolute Gasteiger partial charge is 0.371 e. The van der Waals surface area contributed by atoms with Gasteiger partial charge in [0.2, 0.25) is 0 Å². The maximum atomic E-state index is 6.28. The Hall–Kier alpha value is -1.27. The monoisotopic (exact) mass is 358 g/mol. The highest BCUT2D eigenvalue weighted by Crippen LogP contribution is 2.36. The molecule has 0 aromatic carbocycles. The van der Waals surface area contributed by atoms with Gasteiger partial charge < -0.3 is 9.47 Å². The van der Waals surface area contributed by atoms with E-state index in [1.807, 2.05) is 35.9 Å². The highest BCUT2D eigenvalue weighted by atomic mass is 32.1. The summed E-state index contributed by atoms with van der Waals surface area (Å²) in [5.41, 5.74) is 1.17. The average Bonchev–Trinajstić information content (AvgIpc) is 3.20. The van der Waals surface area contributed by atoms with Gasteiger partial charge in [-0.3, -0.25) is 9.88 Å². The van der Waals surface area contributed by atoms with Gasteiger partial charge in [-0.05, 0) is 56.1 Å². The van der Waals surface area contributed by atoms with Crippen LogP contribution in [0.4, 0.5) is 0 Å². The molecular formula is C20H26N2O2S. The first-order valence-electron chi connectivity index (χ1n) is 9.13. The fourth-order valence-electron chi connectivity index (χ4n) is 4.00. The molecule has 2 aromatic heterocycles. The van der Waals surface area contributed by atoms with Crippen molar-refractivity contribution in [3.63, 3.8) is 0 Å². The summed E-state index contributed by atoms with van der Waals surface area (Å²) in [6.45, 7) is 6.79. The van der Waals surface area contributed by atoms with Gasteiger partial charge in [0.15, 0.2) is 0 Å². The lowest BCUT2D eigenvalue weighted by atomic mass is 9.89. The number of rotatable bonds is 5. The number of hydrogen-bond donors (Lipinski definition) is 0. The zero-order valence-electron chi connectivity index (χ0n) is 14.8. The molecule has 4 nitrogen and oxygen atoms in total. The number of likely N-dealkylation sites (tertiary alicyclic amines) is 1. The Labute approximate surface area is 153 Å². The summed E-state index contributed by atoms with van der Waals surface area (Å²) < 4.78 is 12.4. The van der Waals surface area contributed by atoms with Gasteiger partial charge in [0.05, 0.1) is 24.9 Å². The van der Waals surface area contributed by atoms with E-state index in [-0.39, 0.29) is 11.7 Å². The van der Waals surface area contributed by atoms with Gasteiger partial charge in [-0.25, -0.2) is 0 Å². The second-order valence-electron chi connectivity index (χ2n) is 7.31. The summed E-state index contributed by atoms with van der Waals surface area (Å²) in [6.07, 6.45) is 7.21. The van der Waals surface area contributed by atoms with Gasteiger partial charge >= 0.3 is 0 Å². The molecule has 2 fully saturated rings. The van der Waals surface area contributed by atoms with Crippen LogP contribution >= 0.6 is 11.3 Å². The molecule has 0 unspecified atom stereocenters. The molecule has 1 spiro atoms. The molecule has 0 N–H and O–H groups in total. The van der Waals surface area contributed by atoms with Crippen LogP contribution in [0, 0.1) is 6.92 Å². The summed E-state index contributed by atoms with van der Waals surface area (Å²) in [5.74, 6) is 0. The maximum absolute atomic E-state index is 6.28. The number of hydrogen-bond acceptors (Lipinski definition) is 5. The fourth-order valence-corrected chi connectivity index (χ4v) is 4.94. The van der Waals surface area contributed by atoms with Gasteiger partial charge in [-0.2, -0.15) is 0 Å². The van der Waals surface area contributed by atoms with Crippen molar-refractivity contribution in [2.75, 3.05) is 19.7 Å². The summed E-state index contributed by atoms with van der Waals surface area (Å²) in [7, 11) is 0. The second kappa shape index (κ2) is 7.54. The summed E-state index contributed by atoms with van der Waals surface area (Å²) in [4.78, 5) is 9.46. The van der Waals surface area contributed by atoms with E-state index in [1.165, 1.54) is 28.3 Å². The first-order chi connectivity index (χ1) is 12.2. The minimum Gasteiger partial charge on any atom is -0.371 e. The van der Waals surface area contributed by atoms with E-state index < -0.39 is 0 Å². The Morgan fingerprint density at radius 3 is 3.00 bits per heavy atom. The quantitative estimate of drug-likeness (QED) is 0.814. The van der Waals surface area contributed by atoms with Gasteiger partial charge in [-0.15, -0.1) is 11.3 Å². The molecule has 25 heavy (non-hydrogen) atoms. The van der Waals surface area contributed by atoms with Crippen molar-refractivity contribution in [2.45, 2.75) is 51.0 Å². The minimum atomic E-state index is -0.00648. The van der Waals surface area contributed by atoms with Crippen LogP contribution in [-0.2, 0) is 22.6 Å². The first-order valence-corrected chi connectivity index (χ1v) is 9.95. The van der Waals surface area contributed by atoms with Crippen LogP contribution in [0.25, 0.3) is 0 Å². The number of aryl methyl sites for hydroxylation is 1. The summed E-state index contributed by atoms with van der Waals surface area (Å²) in [6, 6.07) is 8.50. The lowest BCUT2D eigenvalue weighted by Crippen LogP contribution is -2.47. The zero-order valence-corrected chi connectivity index (χ0v) is 15.6. The Bertz CT molecular complexity index is 690. The SMILES string of the molecule is Cc1ccc(CN2CCC[C@]3(C[C@H](OCc4ccncc4)CO3)C2)s1. The van der Waals surface area contributed by atoms with E-state index in [0.29, 0.717) is 6.61 Å². The minimum absolute atomic E-state index is 0.00648. The number of piperidine rings is 1. The van der Waals surface area contributed by atoms with Crippen LogP contribution in [-0.4, -0.2) is 41.3 Å². The van der Waals surface area contributed by atoms with Crippen molar-refractivity contribution in [3.05, 3.63) is 52.0 Å². The molecule has 2 saturated heterocycles. The topological polar surface area (TPSA) is 34.6 Å². The molecule has 0 bridgehead atoms. The normalized spacial score (nSPS) is 27.2. The van der Waals surface area contributed by atoms with Crippen molar-refractivity contribution in [1.29, 1.82) is 0 Å². The average molecular weight is 359 g/mol. The smallest absolute Gasteiger partial charge is 0.0841 e.